The van der Waals surface area contributed by atoms with E-state index in [1.807, 2.05) is 19.9 Å². The number of rotatable bonds is 2. The largest absolute Gasteiger partial charge is 0.484 e. The molecule has 1 saturated heterocycles. The first-order valence-electron chi connectivity index (χ1n) is 5.56. The van der Waals surface area contributed by atoms with Crippen LogP contribution in [0, 0.1) is 13.8 Å². The Bertz CT molecular complexity index is 337. The molecule has 3 nitrogen and oxygen atoms in total. The minimum atomic E-state index is -0.0354. The van der Waals surface area contributed by atoms with Gasteiger partial charge in [-0.05, 0) is 46.7 Å². The van der Waals surface area contributed by atoms with Crippen LogP contribution >= 0.6 is 0 Å². The van der Waals surface area contributed by atoms with Crippen molar-refractivity contribution in [2.45, 2.75) is 39.2 Å². The quantitative estimate of drug-likeness (QED) is 0.812. The van der Waals surface area contributed by atoms with Crippen molar-refractivity contribution in [3.05, 3.63) is 17.6 Å². The molecule has 0 saturated carbocycles. The summed E-state index contributed by atoms with van der Waals surface area (Å²) < 4.78 is 11.5. The minimum Gasteiger partial charge on any atom is -0.484 e. The van der Waals surface area contributed by atoms with Crippen molar-refractivity contribution >= 4 is 0 Å². The Balaban J connectivity index is 2.09. The maximum absolute atomic E-state index is 6.06. The standard InChI is InChI=1S/C12H19NO2/c1-9-8-11(10(2)14-9)15-12(3)4-6-13-7-5-12/h8,13H,4-7H2,1-3H3. The summed E-state index contributed by atoms with van der Waals surface area (Å²) in [5.74, 6) is 2.70. The van der Waals surface area contributed by atoms with Gasteiger partial charge in [-0.1, -0.05) is 0 Å². The SMILES string of the molecule is Cc1cc(OC2(C)CCNCC2)c(C)o1. The predicted molar refractivity (Wildman–Crippen MR) is 59.3 cm³/mol. The zero-order chi connectivity index (χ0) is 10.9. The van der Waals surface area contributed by atoms with Crippen LogP contribution in [0.2, 0.25) is 0 Å². The zero-order valence-corrected chi connectivity index (χ0v) is 9.72. The molecule has 1 aromatic heterocycles. The van der Waals surface area contributed by atoms with E-state index in [4.69, 9.17) is 9.15 Å². The van der Waals surface area contributed by atoms with Crippen LogP contribution in [0.1, 0.15) is 31.3 Å². The molecule has 0 unspecified atom stereocenters. The Hall–Kier alpha value is -0.960. The number of nitrogens with one attached hydrogen (secondary N) is 1. The fourth-order valence-corrected chi connectivity index (χ4v) is 2.03. The van der Waals surface area contributed by atoms with E-state index in [1.165, 1.54) is 0 Å². The molecule has 1 aromatic rings. The maximum atomic E-state index is 6.06. The molecule has 0 spiro atoms. The van der Waals surface area contributed by atoms with Crippen LogP contribution in [0.5, 0.6) is 5.75 Å². The monoisotopic (exact) mass is 209 g/mol. The maximum Gasteiger partial charge on any atom is 0.161 e. The molecule has 1 aliphatic rings. The van der Waals surface area contributed by atoms with Crippen molar-refractivity contribution < 1.29 is 9.15 Å². The lowest BCUT2D eigenvalue weighted by atomic mass is 9.94. The summed E-state index contributed by atoms with van der Waals surface area (Å²) in [7, 11) is 0. The van der Waals surface area contributed by atoms with Gasteiger partial charge >= 0.3 is 0 Å². The van der Waals surface area contributed by atoms with Crippen LogP contribution in [0.4, 0.5) is 0 Å². The van der Waals surface area contributed by atoms with Crippen LogP contribution in [0.15, 0.2) is 10.5 Å². The van der Waals surface area contributed by atoms with Crippen molar-refractivity contribution in [1.29, 1.82) is 0 Å². The molecule has 1 fully saturated rings. The van der Waals surface area contributed by atoms with Crippen LogP contribution < -0.4 is 10.1 Å². The third-order valence-electron chi connectivity index (χ3n) is 3.01. The number of hydrogen-bond donors (Lipinski definition) is 1. The summed E-state index contributed by atoms with van der Waals surface area (Å²) in [4.78, 5) is 0. The lowest BCUT2D eigenvalue weighted by Gasteiger charge is -2.34. The van der Waals surface area contributed by atoms with E-state index in [-0.39, 0.29) is 5.60 Å². The van der Waals surface area contributed by atoms with Gasteiger partial charge in [0.05, 0.1) is 0 Å². The smallest absolute Gasteiger partial charge is 0.161 e. The second kappa shape index (κ2) is 3.89. The van der Waals surface area contributed by atoms with Gasteiger partial charge in [0.15, 0.2) is 5.75 Å². The van der Waals surface area contributed by atoms with Crippen molar-refractivity contribution in [2.24, 2.45) is 0 Å². The van der Waals surface area contributed by atoms with Crippen LogP contribution in [0.25, 0.3) is 0 Å². The predicted octanol–water partition coefficient (Wildman–Crippen LogP) is 2.42. The van der Waals surface area contributed by atoms with Crippen molar-refractivity contribution in [3.8, 4) is 5.75 Å². The summed E-state index contributed by atoms with van der Waals surface area (Å²) >= 11 is 0. The Morgan fingerprint density at radius 3 is 2.53 bits per heavy atom. The Morgan fingerprint density at radius 2 is 2.00 bits per heavy atom. The molecule has 15 heavy (non-hydrogen) atoms. The van der Waals surface area contributed by atoms with Gasteiger partial charge in [-0.2, -0.15) is 0 Å². The zero-order valence-electron chi connectivity index (χ0n) is 9.72. The van der Waals surface area contributed by atoms with Crippen LogP contribution in [-0.2, 0) is 0 Å². The molecule has 1 aliphatic heterocycles. The summed E-state index contributed by atoms with van der Waals surface area (Å²) in [6.07, 6.45) is 2.10. The van der Waals surface area contributed by atoms with E-state index in [9.17, 15) is 0 Å². The van der Waals surface area contributed by atoms with E-state index in [0.717, 1.165) is 43.2 Å². The third kappa shape index (κ3) is 2.34. The van der Waals surface area contributed by atoms with E-state index >= 15 is 0 Å². The van der Waals surface area contributed by atoms with E-state index in [2.05, 4.69) is 12.2 Å². The molecule has 0 aliphatic carbocycles. The summed E-state index contributed by atoms with van der Waals surface area (Å²) in [6.45, 7) is 8.14. The first-order valence-corrected chi connectivity index (χ1v) is 5.56. The summed E-state index contributed by atoms with van der Waals surface area (Å²) in [6, 6.07) is 1.97. The Morgan fingerprint density at radius 1 is 1.33 bits per heavy atom. The molecule has 0 atom stereocenters. The summed E-state index contributed by atoms with van der Waals surface area (Å²) in [5.41, 5.74) is -0.0354. The number of piperidine rings is 1. The highest BCUT2D eigenvalue weighted by Crippen LogP contribution is 2.30. The van der Waals surface area contributed by atoms with Gasteiger partial charge in [0.25, 0.3) is 0 Å². The van der Waals surface area contributed by atoms with Gasteiger partial charge in [0.1, 0.15) is 17.1 Å². The fraction of sp³-hybridized carbons (Fsp3) is 0.667. The second-order valence-corrected chi connectivity index (χ2v) is 4.58. The Kier molecular flexibility index (Phi) is 2.74. The number of ether oxygens (including phenoxy) is 1. The van der Waals surface area contributed by atoms with Gasteiger partial charge in [-0.15, -0.1) is 0 Å². The fourth-order valence-electron chi connectivity index (χ4n) is 2.03. The first-order chi connectivity index (χ1) is 7.09. The average molecular weight is 209 g/mol. The van der Waals surface area contributed by atoms with Crippen LogP contribution in [0.3, 0.4) is 0 Å². The van der Waals surface area contributed by atoms with Crippen molar-refractivity contribution in [3.63, 3.8) is 0 Å². The van der Waals surface area contributed by atoms with Crippen molar-refractivity contribution in [1.82, 2.24) is 5.32 Å². The van der Waals surface area contributed by atoms with Crippen LogP contribution in [-0.4, -0.2) is 18.7 Å². The molecule has 1 N–H and O–H groups in total. The van der Waals surface area contributed by atoms with Crippen molar-refractivity contribution in [2.75, 3.05) is 13.1 Å². The second-order valence-electron chi connectivity index (χ2n) is 4.58. The molecular formula is C12H19NO2. The van der Waals surface area contributed by atoms with E-state index in [1.54, 1.807) is 0 Å². The van der Waals surface area contributed by atoms with Gasteiger partial charge in [-0.25, -0.2) is 0 Å². The third-order valence-corrected chi connectivity index (χ3v) is 3.01. The highest BCUT2D eigenvalue weighted by molar-refractivity contribution is 5.28. The molecular weight excluding hydrogens is 190 g/mol. The molecule has 0 bridgehead atoms. The normalized spacial score (nSPS) is 20.2. The highest BCUT2D eigenvalue weighted by atomic mass is 16.5. The van der Waals surface area contributed by atoms with Gasteiger partial charge in [0.2, 0.25) is 0 Å². The first kappa shape index (κ1) is 10.6. The number of furan rings is 1. The molecule has 0 radical (unpaired) electrons. The van der Waals surface area contributed by atoms with Gasteiger partial charge in [0, 0.05) is 6.07 Å². The van der Waals surface area contributed by atoms with E-state index < -0.39 is 0 Å². The molecule has 2 heterocycles. The number of hydrogen-bond acceptors (Lipinski definition) is 3. The Labute approximate surface area is 90.8 Å². The van der Waals surface area contributed by atoms with E-state index in [0.29, 0.717) is 0 Å². The molecule has 2 rings (SSSR count). The van der Waals surface area contributed by atoms with Gasteiger partial charge < -0.3 is 14.5 Å². The minimum absolute atomic E-state index is 0.0354. The highest BCUT2D eigenvalue weighted by Gasteiger charge is 2.29. The average Bonchev–Trinajstić information content (AvgIpc) is 2.45. The lowest BCUT2D eigenvalue weighted by Crippen LogP contribution is -2.43. The van der Waals surface area contributed by atoms with Gasteiger partial charge in [-0.3, -0.25) is 0 Å². The molecule has 0 amide bonds. The molecule has 3 heteroatoms. The summed E-state index contributed by atoms with van der Waals surface area (Å²) in [5, 5.41) is 3.34. The number of aryl methyl sites for hydroxylation is 2. The topological polar surface area (TPSA) is 34.4 Å². The molecule has 0 aromatic carbocycles. The lowest BCUT2D eigenvalue weighted by molar-refractivity contribution is 0.0539. The molecule has 84 valence electrons.